The van der Waals surface area contributed by atoms with Crippen molar-refractivity contribution in [1.82, 2.24) is 9.97 Å². The molecule has 5 heteroatoms. The first-order valence-electron chi connectivity index (χ1n) is 2.43. The third-order valence-corrected chi connectivity index (χ3v) is 1.04. The second-order valence-corrected chi connectivity index (χ2v) is 2.08. The molecule has 1 aromatic heterocycles. The molecule has 0 aromatic carbocycles. The number of H-pyrrole nitrogens is 1. The van der Waals surface area contributed by atoms with Crippen LogP contribution in [-0.4, -0.2) is 9.97 Å². The predicted molar refractivity (Wildman–Crippen MR) is 35.2 cm³/mol. The number of aromatic amines is 1. The topological polar surface area (TPSA) is 45.8 Å². The monoisotopic (exact) mass is 164 g/mol. The Kier molecular flexibility index (Phi) is 4.12. The second-order valence-electron chi connectivity index (χ2n) is 1.69. The molecule has 0 amide bonds. The zero-order valence-corrected chi connectivity index (χ0v) is 8.66. The van der Waals surface area contributed by atoms with Crippen LogP contribution in [0.5, 0.6) is 0 Å². The van der Waals surface area contributed by atoms with Gasteiger partial charge in [-0.2, -0.15) is 0 Å². The molecule has 0 saturated heterocycles. The molecule has 0 aliphatic rings. The first-order valence-corrected chi connectivity index (χ1v) is 2.84. The van der Waals surface area contributed by atoms with E-state index in [4.69, 9.17) is 0 Å². The smallest absolute Gasteiger partial charge is 0.742 e. The summed E-state index contributed by atoms with van der Waals surface area (Å²) in [4.78, 5) is 16.7. The van der Waals surface area contributed by atoms with Gasteiger partial charge in [0, 0.05) is 11.8 Å². The third-order valence-electron chi connectivity index (χ3n) is 0.848. The minimum atomic E-state index is -0.187. The van der Waals surface area contributed by atoms with Crippen molar-refractivity contribution in [1.29, 1.82) is 0 Å². The van der Waals surface area contributed by atoms with Crippen molar-refractivity contribution >= 4 is 12.6 Å². The molecule has 0 bridgehead atoms. The largest absolute Gasteiger partial charge is 1.00 e. The molecule has 10 heavy (non-hydrogen) atoms. The summed E-state index contributed by atoms with van der Waals surface area (Å²) in [5.41, 5.74) is 0.469. The maximum absolute atomic E-state index is 10.5. The van der Waals surface area contributed by atoms with E-state index in [9.17, 15) is 4.79 Å². The van der Waals surface area contributed by atoms with E-state index in [1.54, 1.807) is 6.92 Å². The van der Waals surface area contributed by atoms with E-state index in [0.717, 1.165) is 0 Å². The van der Waals surface area contributed by atoms with Crippen LogP contribution in [0.15, 0.2) is 16.0 Å². The number of aromatic nitrogens is 2. The van der Waals surface area contributed by atoms with E-state index >= 15 is 0 Å². The van der Waals surface area contributed by atoms with Gasteiger partial charge in [0.25, 0.3) is 0 Å². The molecule has 0 unspecified atom stereocenters. The van der Waals surface area contributed by atoms with Gasteiger partial charge in [0.05, 0.1) is 0 Å². The van der Waals surface area contributed by atoms with Gasteiger partial charge in [-0.25, -0.2) is 0 Å². The van der Waals surface area contributed by atoms with Crippen LogP contribution >= 0.6 is 0 Å². The summed E-state index contributed by atoms with van der Waals surface area (Å²) >= 11 is 4.62. The van der Waals surface area contributed by atoms with Crippen molar-refractivity contribution < 1.29 is 29.6 Å². The molecule has 48 valence electrons. The van der Waals surface area contributed by atoms with E-state index in [1.807, 2.05) is 0 Å². The Morgan fingerprint density at radius 3 is 2.70 bits per heavy atom. The minimum Gasteiger partial charge on any atom is -0.742 e. The molecule has 3 nitrogen and oxygen atoms in total. The maximum atomic E-state index is 10.5. The Labute approximate surface area is 86.0 Å². The number of aryl methyl sites for hydroxylation is 1. The molecule has 1 aromatic rings. The van der Waals surface area contributed by atoms with Crippen LogP contribution in [0.4, 0.5) is 0 Å². The molecule has 1 N–H and O–H groups in total. The van der Waals surface area contributed by atoms with Crippen molar-refractivity contribution in [2.75, 3.05) is 0 Å². The Morgan fingerprint density at radius 1 is 1.70 bits per heavy atom. The fourth-order valence-corrected chi connectivity index (χ4v) is 0.796. The zero-order valence-electron chi connectivity index (χ0n) is 5.84. The second kappa shape index (κ2) is 4.08. The Morgan fingerprint density at radius 2 is 2.30 bits per heavy atom. The van der Waals surface area contributed by atoms with Crippen LogP contribution in [0.3, 0.4) is 0 Å². The van der Waals surface area contributed by atoms with Gasteiger partial charge in [-0.1, -0.05) is 0 Å². The first kappa shape index (κ1) is 10.1. The van der Waals surface area contributed by atoms with Gasteiger partial charge in [0.15, 0.2) is 0 Å². The van der Waals surface area contributed by atoms with Gasteiger partial charge >= 0.3 is 29.6 Å². The van der Waals surface area contributed by atoms with E-state index in [0.29, 0.717) is 5.69 Å². The van der Waals surface area contributed by atoms with Crippen molar-refractivity contribution in [3.05, 3.63) is 22.1 Å². The molecule has 0 saturated carbocycles. The summed E-state index contributed by atoms with van der Waals surface area (Å²) in [5.74, 6) is 0. The Balaban J connectivity index is 0.000000810. The average Bonchev–Trinajstić information content (AvgIpc) is 1.59. The summed E-state index contributed by atoms with van der Waals surface area (Å²) in [6, 6.07) is 1.40. The fourth-order valence-electron chi connectivity index (χ4n) is 0.552. The molecular weight excluding hydrogens is 159 g/mol. The fraction of sp³-hybridized carbons (Fsp3) is 0.200. The number of nitrogens with zero attached hydrogens (tertiary/aromatic N) is 1. The Hall–Kier alpha value is 0.1000. The summed E-state index contributed by atoms with van der Waals surface area (Å²) in [7, 11) is 0. The van der Waals surface area contributed by atoms with Gasteiger partial charge in [0.2, 0.25) is 5.56 Å². The molecule has 1 heterocycles. The van der Waals surface area contributed by atoms with Crippen LogP contribution in [-0.2, 0) is 12.6 Å². The van der Waals surface area contributed by atoms with Crippen LogP contribution < -0.4 is 35.1 Å². The van der Waals surface area contributed by atoms with Crippen molar-refractivity contribution in [3.8, 4) is 0 Å². The molecule has 0 spiro atoms. The minimum absolute atomic E-state index is 0. The van der Waals surface area contributed by atoms with Gasteiger partial charge in [-0.3, -0.25) is 9.78 Å². The first-order chi connectivity index (χ1) is 4.18. The van der Waals surface area contributed by atoms with Crippen molar-refractivity contribution in [2.45, 2.75) is 12.1 Å². The predicted octanol–water partition coefficient (Wildman–Crippen LogP) is -3.01. The summed E-state index contributed by atoms with van der Waals surface area (Å²) in [6.45, 7) is 1.73. The van der Waals surface area contributed by atoms with Crippen LogP contribution in [0.25, 0.3) is 0 Å². The standard InChI is InChI=1S/C5H6N2OS.Na/c1-3-2-4(8)7-5(9)6-3;/h2H,1H3,(H2,6,7,8,9);/q;+1/p-1. The van der Waals surface area contributed by atoms with E-state index < -0.39 is 0 Å². The quantitative estimate of drug-likeness (QED) is 0.252. The molecular formula is C5H5N2NaOS. The summed E-state index contributed by atoms with van der Waals surface area (Å²) in [5, 5.41) is 0.250. The van der Waals surface area contributed by atoms with E-state index in [2.05, 4.69) is 22.6 Å². The molecule has 0 aliphatic heterocycles. The van der Waals surface area contributed by atoms with Gasteiger partial charge in [0.1, 0.15) is 0 Å². The molecule has 1 rings (SSSR count). The van der Waals surface area contributed by atoms with Crippen LogP contribution in [0, 0.1) is 6.92 Å². The van der Waals surface area contributed by atoms with Crippen LogP contribution in [0.2, 0.25) is 0 Å². The maximum Gasteiger partial charge on any atom is 1.00 e. The zero-order chi connectivity index (χ0) is 6.85. The number of hydrogen-bond acceptors (Lipinski definition) is 3. The number of hydrogen-bond donors (Lipinski definition) is 1. The summed E-state index contributed by atoms with van der Waals surface area (Å²) in [6.07, 6.45) is 0. The number of nitrogens with one attached hydrogen (secondary N) is 1. The summed E-state index contributed by atoms with van der Waals surface area (Å²) < 4.78 is 0. The van der Waals surface area contributed by atoms with Crippen molar-refractivity contribution in [3.63, 3.8) is 0 Å². The SMILES string of the molecule is Cc1cc(=O)[nH]c([S-])n1.[Na+]. The molecule has 0 atom stereocenters. The molecule has 0 radical (unpaired) electrons. The normalized spacial score (nSPS) is 8.50. The van der Waals surface area contributed by atoms with Crippen LogP contribution in [0.1, 0.15) is 5.69 Å². The van der Waals surface area contributed by atoms with E-state index in [-0.39, 0.29) is 40.3 Å². The molecule has 0 fully saturated rings. The van der Waals surface area contributed by atoms with Gasteiger partial charge in [-0.15, -0.1) is 0 Å². The van der Waals surface area contributed by atoms with Gasteiger partial charge in [-0.05, 0) is 12.1 Å². The Bertz CT molecular complexity index is 249. The average molecular weight is 164 g/mol. The van der Waals surface area contributed by atoms with Gasteiger partial charge < -0.3 is 17.6 Å². The molecule has 0 aliphatic carbocycles. The third kappa shape index (κ3) is 2.79. The van der Waals surface area contributed by atoms with E-state index in [1.165, 1.54) is 6.07 Å². The van der Waals surface area contributed by atoms with Crippen molar-refractivity contribution in [2.24, 2.45) is 0 Å². The number of rotatable bonds is 0.